The lowest BCUT2D eigenvalue weighted by Gasteiger charge is -2.49. The summed E-state index contributed by atoms with van der Waals surface area (Å²) in [5.74, 6) is 1.74. The van der Waals surface area contributed by atoms with Crippen LogP contribution in [0.3, 0.4) is 0 Å². The molecule has 1 aromatic carbocycles. The number of rotatable bonds is 1. The number of para-hydroxylation sites is 1. The topological polar surface area (TPSA) is 53.2 Å². The summed E-state index contributed by atoms with van der Waals surface area (Å²) >= 11 is 0. The summed E-state index contributed by atoms with van der Waals surface area (Å²) in [7, 11) is 0. The molecule has 1 fully saturated rings. The molecule has 2 aliphatic rings. The van der Waals surface area contributed by atoms with Gasteiger partial charge in [0.25, 0.3) is 0 Å². The molecule has 1 aliphatic heterocycles. The Morgan fingerprint density at radius 2 is 1.90 bits per heavy atom. The fourth-order valence-electron chi connectivity index (χ4n) is 4.32. The van der Waals surface area contributed by atoms with Crippen LogP contribution in [0.15, 0.2) is 24.3 Å². The van der Waals surface area contributed by atoms with Crippen LogP contribution in [0.4, 0.5) is 0 Å². The van der Waals surface area contributed by atoms with Crippen molar-refractivity contribution in [1.29, 1.82) is 5.26 Å². The smallest absolute Gasteiger partial charge is 0.124 e. The van der Waals surface area contributed by atoms with Gasteiger partial charge in [0.15, 0.2) is 0 Å². The molecular weight excluding hydrogens is 262 g/mol. The van der Waals surface area contributed by atoms with Gasteiger partial charge in [0.05, 0.1) is 11.7 Å². The van der Waals surface area contributed by atoms with Crippen molar-refractivity contribution in [3.8, 4) is 11.8 Å². The Bertz CT molecular complexity index is 567. The van der Waals surface area contributed by atoms with Gasteiger partial charge in [0.1, 0.15) is 17.8 Å². The highest BCUT2D eigenvalue weighted by atomic mass is 16.5. The van der Waals surface area contributed by atoms with E-state index in [-0.39, 0.29) is 6.61 Å². The van der Waals surface area contributed by atoms with Crippen LogP contribution in [0, 0.1) is 28.6 Å². The molecule has 0 saturated heterocycles. The Kier molecular flexibility index (Phi) is 3.45. The second kappa shape index (κ2) is 5.03. The maximum atomic E-state index is 11.3. The number of benzene rings is 1. The van der Waals surface area contributed by atoms with Crippen molar-refractivity contribution in [3.05, 3.63) is 29.8 Å². The van der Waals surface area contributed by atoms with Crippen molar-refractivity contribution in [1.82, 2.24) is 0 Å². The zero-order chi connectivity index (χ0) is 15.1. The zero-order valence-corrected chi connectivity index (χ0v) is 12.8. The second-order valence-electron chi connectivity index (χ2n) is 7.15. The summed E-state index contributed by atoms with van der Waals surface area (Å²) in [5, 5.41) is 21.2. The Balaban J connectivity index is 1.97. The van der Waals surface area contributed by atoms with Crippen molar-refractivity contribution in [2.75, 3.05) is 6.61 Å². The van der Waals surface area contributed by atoms with E-state index in [1.54, 1.807) is 0 Å². The average Bonchev–Trinajstić information content (AvgIpc) is 2.45. The number of hydrogen-bond acceptors (Lipinski definition) is 3. The van der Waals surface area contributed by atoms with Gasteiger partial charge < -0.3 is 9.84 Å². The minimum atomic E-state index is -0.952. The first-order chi connectivity index (χ1) is 9.98. The van der Waals surface area contributed by atoms with Gasteiger partial charge in [0, 0.05) is 6.42 Å². The van der Waals surface area contributed by atoms with Crippen molar-refractivity contribution in [2.24, 2.45) is 17.3 Å². The Labute approximate surface area is 126 Å². The van der Waals surface area contributed by atoms with E-state index in [1.165, 1.54) is 0 Å². The number of nitrogens with zero attached hydrogens (tertiary/aromatic N) is 1. The van der Waals surface area contributed by atoms with Crippen LogP contribution in [0.1, 0.15) is 38.7 Å². The molecule has 0 bridgehead atoms. The summed E-state index contributed by atoms with van der Waals surface area (Å²) in [6, 6.07) is 10.3. The van der Waals surface area contributed by atoms with Gasteiger partial charge in [0.2, 0.25) is 0 Å². The number of ether oxygens (including phenoxy) is 1. The predicted octanol–water partition coefficient (Wildman–Crippen LogP) is 3.32. The largest absolute Gasteiger partial charge is 0.492 e. The second-order valence-corrected chi connectivity index (χ2v) is 7.15. The van der Waals surface area contributed by atoms with E-state index < -0.39 is 11.0 Å². The summed E-state index contributed by atoms with van der Waals surface area (Å²) in [4.78, 5) is 0. The third kappa shape index (κ3) is 2.32. The molecule has 1 aromatic rings. The third-order valence-corrected chi connectivity index (χ3v) is 5.22. The average molecular weight is 285 g/mol. The molecule has 3 heteroatoms. The fourth-order valence-corrected chi connectivity index (χ4v) is 4.32. The fraction of sp³-hybridized carbons (Fsp3) is 0.611. The minimum Gasteiger partial charge on any atom is -0.492 e. The van der Waals surface area contributed by atoms with Crippen LogP contribution in [0.2, 0.25) is 0 Å². The first-order valence-electron chi connectivity index (χ1n) is 7.82. The van der Waals surface area contributed by atoms with Gasteiger partial charge >= 0.3 is 0 Å². The zero-order valence-electron chi connectivity index (χ0n) is 12.8. The van der Waals surface area contributed by atoms with Gasteiger partial charge in [-0.05, 0) is 42.7 Å². The maximum Gasteiger partial charge on any atom is 0.124 e. The lowest BCUT2D eigenvalue weighted by atomic mass is 9.59. The van der Waals surface area contributed by atoms with Crippen molar-refractivity contribution in [3.63, 3.8) is 0 Å². The summed E-state index contributed by atoms with van der Waals surface area (Å²) < 4.78 is 5.84. The van der Waals surface area contributed by atoms with Gasteiger partial charge in [-0.1, -0.05) is 32.0 Å². The number of hydrogen-bond donors (Lipinski definition) is 1. The van der Waals surface area contributed by atoms with E-state index in [4.69, 9.17) is 4.74 Å². The predicted molar refractivity (Wildman–Crippen MR) is 80.8 cm³/mol. The van der Waals surface area contributed by atoms with E-state index in [0.29, 0.717) is 31.1 Å². The standard InChI is InChI=1S/C18H23NO2/c1-13-7-14(2)9-18(20,8-13)17(11-19)10-15-5-3-4-6-16(15)21-12-17/h3-6,13-14,20H,7-10,12H2,1-2H3. The molecule has 1 N–H and O–H groups in total. The molecular formula is C18H23NO2. The quantitative estimate of drug-likeness (QED) is 0.861. The highest BCUT2D eigenvalue weighted by Gasteiger charge is 2.55. The third-order valence-electron chi connectivity index (χ3n) is 5.22. The van der Waals surface area contributed by atoms with Gasteiger partial charge in [-0.15, -0.1) is 0 Å². The highest BCUT2D eigenvalue weighted by molar-refractivity contribution is 5.39. The molecule has 1 aliphatic carbocycles. The van der Waals surface area contributed by atoms with E-state index in [0.717, 1.165) is 17.7 Å². The van der Waals surface area contributed by atoms with Gasteiger partial charge in [-0.2, -0.15) is 5.26 Å². The SMILES string of the molecule is CC1CC(C)CC(O)(C2(C#N)COc3ccccc3C2)C1. The van der Waals surface area contributed by atoms with Gasteiger partial charge in [-0.25, -0.2) is 0 Å². The molecule has 0 aromatic heterocycles. The van der Waals surface area contributed by atoms with Crippen LogP contribution < -0.4 is 4.74 Å². The van der Waals surface area contributed by atoms with Crippen molar-refractivity contribution in [2.45, 2.75) is 45.1 Å². The van der Waals surface area contributed by atoms with Gasteiger partial charge in [-0.3, -0.25) is 0 Å². The van der Waals surface area contributed by atoms with Crippen molar-refractivity contribution < 1.29 is 9.84 Å². The molecule has 3 rings (SSSR count). The lowest BCUT2D eigenvalue weighted by molar-refractivity contribution is -0.124. The van der Waals surface area contributed by atoms with E-state index >= 15 is 0 Å². The molecule has 21 heavy (non-hydrogen) atoms. The summed E-state index contributed by atoms with van der Waals surface area (Å²) in [5.41, 5.74) is -0.749. The monoisotopic (exact) mass is 285 g/mol. The van der Waals surface area contributed by atoms with Crippen LogP contribution in [-0.2, 0) is 6.42 Å². The Morgan fingerprint density at radius 3 is 2.57 bits per heavy atom. The molecule has 0 spiro atoms. The molecule has 0 radical (unpaired) electrons. The van der Waals surface area contributed by atoms with Crippen LogP contribution >= 0.6 is 0 Å². The minimum absolute atomic E-state index is 0.288. The maximum absolute atomic E-state index is 11.3. The molecule has 112 valence electrons. The van der Waals surface area contributed by atoms with Crippen LogP contribution in [-0.4, -0.2) is 17.3 Å². The molecule has 1 heterocycles. The molecule has 0 amide bonds. The van der Waals surface area contributed by atoms with Crippen LogP contribution in [0.5, 0.6) is 5.75 Å². The number of nitriles is 1. The molecule has 3 unspecified atom stereocenters. The number of fused-ring (bicyclic) bond motifs is 1. The van der Waals surface area contributed by atoms with E-state index in [9.17, 15) is 10.4 Å². The normalized spacial score (nSPS) is 39.0. The number of aliphatic hydroxyl groups is 1. The highest BCUT2D eigenvalue weighted by Crippen LogP contribution is 2.50. The Morgan fingerprint density at radius 1 is 1.24 bits per heavy atom. The summed E-state index contributed by atoms with van der Waals surface area (Å²) in [6.45, 7) is 4.63. The first kappa shape index (κ1) is 14.4. The lowest BCUT2D eigenvalue weighted by Crippen LogP contribution is -2.57. The van der Waals surface area contributed by atoms with Crippen LogP contribution in [0.25, 0.3) is 0 Å². The molecule has 3 atom stereocenters. The van der Waals surface area contributed by atoms with E-state index in [1.807, 2.05) is 24.3 Å². The van der Waals surface area contributed by atoms with E-state index in [2.05, 4.69) is 19.9 Å². The summed E-state index contributed by atoms with van der Waals surface area (Å²) in [6.07, 6.45) is 3.09. The molecule has 1 saturated carbocycles. The molecule has 3 nitrogen and oxygen atoms in total. The van der Waals surface area contributed by atoms with Crippen molar-refractivity contribution >= 4 is 0 Å². The first-order valence-corrected chi connectivity index (χ1v) is 7.82. The Hall–Kier alpha value is -1.53.